The van der Waals surface area contributed by atoms with Gasteiger partial charge in [0.05, 0.1) is 17.1 Å². The van der Waals surface area contributed by atoms with E-state index < -0.39 is 18.4 Å². The van der Waals surface area contributed by atoms with E-state index in [1.807, 2.05) is 36.4 Å². The largest absolute Gasteiger partial charge is 0.480 e. The molecule has 9 heteroatoms. The van der Waals surface area contributed by atoms with Gasteiger partial charge in [0.2, 0.25) is 5.91 Å². The van der Waals surface area contributed by atoms with E-state index >= 15 is 0 Å². The Morgan fingerprint density at radius 1 is 0.788 bits per heavy atom. The third-order valence-electron chi connectivity index (χ3n) is 4.77. The molecular formula is C24H25N5O4. The molecule has 170 valence electrons. The number of hydrogen-bond donors (Lipinski definition) is 2. The molecule has 33 heavy (non-hydrogen) atoms. The standard InChI is InChI=1S/C24H25N5O4/c30-22(9-10-23(31)28-14-24(32)33)18-7-8-21(27-13-18)17-29(15-19-5-1-3-11-25-19)16-20-6-2-4-12-26-20/h1-8,11-13H,9-10,14-17H2,(H,28,31)(H,32,33). The molecule has 3 aromatic rings. The summed E-state index contributed by atoms with van der Waals surface area (Å²) in [7, 11) is 0. The average molecular weight is 447 g/mol. The van der Waals surface area contributed by atoms with E-state index in [-0.39, 0.29) is 18.6 Å². The number of nitrogens with zero attached hydrogens (tertiary/aromatic N) is 4. The van der Waals surface area contributed by atoms with E-state index in [2.05, 4.69) is 25.2 Å². The van der Waals surface area contributed by atoms with Crippen LogP contribution in [0, 0.1) is 0 Å². The molecule has 0 saturated carbocycles. The Labute approximate surface area is 191 Å². The molecule has 0 unspecified atom stereocenters. The highest BCUT2D eigenvalue weighted by Gasteiger charge is 2.13. The molecule has 9 nitrogen and oxygen atoms in total. The molecule has 1 amide bonds. The number of rotatable bonds is 12. The van der Waals surface area contributed by atoms with Crippen molar-refractivity contribution < 1.29 is 19.5 Å². The number of nitrogens with one attached hydrogen (secondary N) is 1. The van der Waals surface area contributed by atoms with Crippen molar-refractivity contribution in [2.45, 2.75) is 32.5 Å². The van der Waals surface area contributed by atoms with E-state index in [1.165, 1.54) is 6.20 Å². The maximum absolute atomic E-state index is 12.3. The van der Waals surface area contributed by atoms with Crippen LogP contribution in [0.15, 0.2) is 67.1 Å². The molecule has 3 aromatic heterocycles. The first kappa shape index (κ1) is 23.7. The van der Waals surface area contributed by atoms with E-state index in [4.69, 9.17) is 5.11 Å². The Kier molecular flexibility index (Phi) is 8.72. The fourth-order valence-electron chi connectivity index (χ4n) is 3.16. The number of hydrogen-bond acceptors (Lipinski definition) is 7. The van der Waals surface area contributed by atoms with Gasteiger partial charge in [-0.15, -0.1) is 0 Å². The van der Waals surface area contributed by atoms with Gasteiger partial charge in [-0.1, -0.05) is 12.1 Å². The number of amides is 1. The zero-order chi connectivity index (χ0) is 23.5. The molecule has 3 heterocycles. The number of carbonyl (C=O) groups is 3. The predicted octanol–water partition coefficient (Wildman–Crippen LogP) is 2.24. The van der Waals surface area contributed by atoms with Gasteiger partial charge >= 0.3 is 5.97 Å². The predicted molar refractivity (Wildman–Crippen MR) is 120 cm³/mol. The summed E-state index contributed by atoms with van der Waals surface area (Å²) in [4.78, 5) is 49.8. The number of pyridine rings is 3. The SMILES string of the molecule is O=C(O)CNC(=O)CCC(=O)c1ccc(CN(Cc2ccccn2)Cc2ccccn2)nc1. The molecule has 0 spiro atoms. The Morgan fingerprint density at radius 3 is 1.88 bits per heavy atom. The molecule has 0 saturated heterocycles. The van der Waals surface area contributed by atoms with Gasteiger partial charge in [-0.3, -0.25) is 34.2 Å². The van der Waals surface area contributed by atoms with Crippen LogP contribution in [0.1, 0.15) is 40.3 Å². The summed E-state index contributed by atoms with van der Waals surface area (Å²) in [5.41, 5.74) is 3.06. The third kappa shape index (κ3) is 8.23. The van der Waals surface area contributed by atoms with Gasteiger partial charge in [0.15, 0.2) is 5.78 Å². The van der Waals surface area contributed by atoms with Gasteiger partial charge in [-0.2, -0.15) is 0 Å². The van der Waals surface area contributed by atoms with Crippen molar-refractivity contribution in [3.8, 4) is 0 Å². The van der Waals surface area contributed by atoms with Crippen molar-refractivity contribution in [2.24, 2.45) is 0 Å². The van der Waals surface area contributed by atoms with E-state index in [0.29, 0.717) is 25.2 Å². The van der Waals surface area contributed by atoms with Crippen molar-refractivity contribution in [2.75, 3.05) is 6.54 Å². The lowest BCUT2D eigenvalue weighted by molar-refractivity contribution is -0.137. The fraction of sp³-hybridized carbons (Fsp3) is 0.250. The summed E-state index contributed by atoms with van der Waals surface area (Å²) >= 11 is 0. The van der Waals surface area contributed by atoms with Gasteiger partial charge < -0.3 is 10.4 Å². The molecule has 0 aliphatic rings. The second kappa shape index (κ2) is 12.2. The van der Waals surface area contributed by atoms with E-state index in [9.17, 15) is 14.4 Å². The van der Waals surface area contributed by atoms with Gasteiger partial charge in [0.25, 0.3) is 0 Å². The highest BCUT2D eigenvalue weighted by molar-refractivity contribution is 5.97. The van der Waals surface area contributed by atoms with Gasteiger partial charge in [0, 0.05) is 56.6 Å². The van der Waals surface area contributed by atoms with Gasteiger partial charge in [-0.05, 0) is 36.4 Å². The van der Waals surface area contributed by atoms with Crippen molar-refractivity contribution in [1.82, 2.24) is 25.2 Å². The molecule has 3 rings (SSSR count). The number of aliphatic carboxylic acids is 1. The maximum atomic E-state index is 12.3. The first-order valence-electron chi connectivity index (χ1n) is 10.5. The Bertz CT molecular complexity index is 1020. The smallest absolute Gasteiger partial charge is 0.322 e. The Hall–Kier alpha value is -3.98. The Morgan fingerprint density at radius 2 is 1.39 bits per heavy atom. The quantitative estimate of drug-likeness (QED) is 0.405. The first-order valence-corrected chi connectivity index (χ1v) is 10.5. The number of ketones is 1. The molecule has 0 radical (unpaired) electrons. The first-order chi connectivity index (χ1) is 16.0. The average Bonchev–Trinajstić information content (AvgIpc) is 2.83. The van der Waals surface area contributed by atoms with Crippen LogP contribution in [0.3, 0.4) is 0 Å². The van der Waals surface area contributed by atoms with Gasteiger partial charge in [-0.25, -0.2) is 0 Å². The molecule has 0 bridgehead atoms. The van der Waals surface area contributed by atoms with Crippen LogP contribution >= 0.6 is 0 Å². The summed E-state index contributed by atoms with van der Waals surface area (Å²) < 4.78 is 0. The summed E-state index contributed by atoms with van der Waals surface area (Å²) in [5, 5.41) is 10.8. The summed E-state index contributed by atoms with van der Waals surface area (Å²) in [6, 6.07) is 15.1. The summed E-state index contributed by atoms with van der Waals surface area (Å²) in [6.45, 7) is 1.31. The van der Waals surface area contributed by atoms with Crippen molar-refractivity contribution >= 4 is 17.7 Å². The monoisotopic (exact) mass is 447 g/mol. The van der Waals surface area contributed by atoms with Crippen molar-refractivity contribution in [1.29, 1.82) is 0 Å². The highest BCUT2D eigenvalue weighted by Crippen LogP contribution is 2.12. The number of carboxylic acid groups (broad SMARTS) is 1. The zero-order valence-electron chi connectivity index (χ0n) is 18.1. The normalized spacial score (nSPS) is 10.7. The van der Waals surface area contributed by atoms with Crippen molar-refractivity contribution in [3.05, 3.63) is 89.8 Å². The lowest BCUT2D eigenvalue weighted by atomic mass is 10.1. The molecular weight excluding hydrogens is 422 g/mol. The van der Waals surface area contributed by atoms with Crippen molar-refractivity contribution in [3.63, 3.8) is 0 Å². The third-order valence-corrected chi connectivity index (χ3v) is 4.77. The minimum Gasteiger partial charge on any atom is -0.480 e. The lowest BCUT2D eigenvalue weighted by Crippen LogP contribution is -2.29. The molecule has 0 aliphatic carbocycles. The van der Waals surface area contributed by atoms with Crippen LogP contribution in [-0.2, 0) is 29.2 Å². The van der Waals surface area contributed by atoms with Gasteiger partial charge in [0.1, 0.15) is 6.54 Å². The van der Waals surface area contributed by atoms with Crippen LogP contribution < -0.4 is 5.32 Å². The van der Waals surface area contributed by atoms with Crippen LogP contribution in [0.25, 0.3) is 0 Å². The van der Waals surface area contributed by atoms with Crippen LogP contribution in [0.4, 0.5) is 0 Å². The number of aromatic nitrogens is 3. The number of Topliss-reactive ketones (excluding diaryl/α,β-unsaturated/α-hetero) is 1. The van der Waals surface area contributed by atoms with Crippen LogP contribution in [0.2, 0.25) is 0 Å². The minimum absolute atomic E-state index is 0.0159. The highest BCUT2D eigenvalue weighted by atomic mass is 16.4. The van der Waals surface area contributed by atoms with Crippen LogP contribution in [0.5, 0.6) is 0 Å². The maximum Gasteiger partial charge on any atom is 0.322 e. The summed E-state index contributed by atoms with van der Waals surface area (Å²) in [6.07, 6.45) is 4.93. The molecule has 2 N–H and O–H groups in total. The molecule has 0 aromatic carbocycles. The van der Waals surface area contributed by atoms with E-state index in [0.717, 1.165) is 17.1 Å². The fourth-order valence-corrected chi connectivity index (χ4v) is 3.16. The van der Waals surface area contributed by atoms with E-state index in [1.54, 1.807) is 24.5 Å². The summed E-state index contributed by atoms with van der Waals surface area (Å²) in [5.74, 6) is -1.83. The second-order valence-electron chi connectivity index (χ2n) is 7.42. The molecule has 0 aliphatic heterocycles. The topological polar surface area (TPSA) is 125 Å². The number of carboxylic acids is 1. The number of carbonyl (C=O) groups excluding carboxylic acids is 2. The molecule has 0 fully saturated rings. The zero-order valence-corrected chi connectivity index (χ0v) is 18.1. The lowest BCUT2D eigenvalue weighted by Gasteiger charge is -2.21. The second-order valence-corrected chi connectivity index (χ2v) is 7.42. The molecule has 0 atom stereocenters. The van der Waals surface area contributed by atoms with Crippen LogP contribution in [-0.4, -0.2) is 49.2 Å². The minimum atomic E-state index is -1.13. The Balaban J connectivity index is 1.60.